The summed E-state index contributed by atoms with van der Waals surface area (Å²) in [7, 11) is 0. The van der Waals surface area contributed by atoms with Gasteiger partial charge in [0.2, 0.25) is 0 Å². The quantitative estimate of drug-likeness (QED) is 0.569. The van der Waals surface area contributed by atoms with Crippen molar-refractivity contribution in [1.82, 2.24) is 0 Å². The first-order valence-electron chi connectivity index (χ1n) is 8.47. The van der Waals surface area contributed by atoms with Gasteiger partial charge in [0.05, 0.1) is 0 Å². The van der Waals surface area contributed by atoms with Gasteiger partial charge in [0, 0.05) is 0 Å². The van der Waals surface area contributed by atoms with Gasteiger partial charge in [-0.25, -0.2) is 0 Å². The SMILES string of the molecule is CC(C)c1c(C(C)C)c(C(C)C)[c-](C(C)C)c1C(C)C.[Na+]. The van der Waals surface area contributed by atoms with Crippen LogP contribution in [0.4, 0.5) is 0 Å². The Morgan fingerprint density at radius 1 is 0.524 bits per heavy atom. The number of hydrogen-bond donors (Lipinski definition) is 0. The van der Waals surface area contributed by atoms with Crippen LogP contribution in [0.15, 0.2) is 0 Å². The molecule has 0 spiro atoms. The maximum atomic E-state index is 2.36. The number of hydrogen-bond acceptors (Lipinski definition) is 0. The van der Waals surface area contributed by atoms with E-state index < -0.39 is 0 Å². The van der Waals surface area contributed by atoms with Gasteiger partial charge in [-0.05, 0) is 11.8 Å². The molecule has 0 saturated heterocycles. The Labute approximate surface area is 155 Å². The van der Waals surface area contributed by atoms with E-state index in [9.17, 15) is 0 Å². The molecule has 0 bridgehead atoms. The van der Waals surface area contributed by atoms with Crippen LogP contribution in [0.25, 0.3) is 0 Å². The summed E-state index contributed by atoms with van der Waals surface area (Å²) in [5.41, 5.74) is 8.28. The van der Waals surface area contributed by atoms with Crippen LogP contribution in [0.5, 0.6) is 0 Å². The third-order valence-electron chi connectivity index (χ3n) is 4.34. The van der Waals surface area contributed by atoms with E-state index >= 15 is 0 Å². The second-order valence-electron chi connectivity index (χ2n) is 7.84. The molecule has 0 aliphatic heterocycles. The fourth-order valence-corrected chi connectivity index (χ4v) is 3.84. The third kappa shape index (κ3) is 4.21. The Hall–Kier alpha value is 0.350. The fraction of sp³-hybridized carbons (Fsp3) is 0.750. The van der Waals surface area contributed by atoms with E-state index in [4.69, 9.17) is 0 Å². The Morgan fingerprint density at radius 3 is 0.952 bits per heavy atom. The molecular weight excluding hydrogens is 263 g/mol. The van der Waals surface area contributed by atoms with Gasteiger partial charge in [0.15, 0.2) is 0 Å². The van der Waals surface area contributed by atoms with Crippen molar-refractivity contribution in [3.63, 3.8) is 0 Å². The molecule has 0 heterocycles. The molecular formula is C20H35Na. The van der Waals surface area contributed by atoms with Gasteiger partial charge < -0.3 is 0 Å². The normalized spacial score (nSPS) is 12.1. The van der Waals surface area contributed by atoms with Gasteiger partial charge in [-0.15, -0.1) is 5.56 Å². The molecule has 0 atom stereocenters. The summed E-state index contributed by atoms with van der Waals surface area (Å²) in [6, 6.07) is 0. The Balaban J connectivity index is 0.00000400. The summed E-state index contributed by atoms with van der Waals surface area (Å²) >= 11 is 0. The van der Waals surface area contributed by atoms with Gasteiger partial charge >= 0.3 is 29.6 Å². The molecule has 0 saturated carbocycles. The van der Waals surface area contributed by atoms with Gasteiger partial charge in [0.25, 0.3) is 0 Å². The zero-order chi connectivity index (χ0) is 15.8. The first-order valence-corrected chi connectivity index (χ1v) is 8.47. The van der Waals surface area contributed by atoms with Crippen LogP contribution in [0.2, 0.25) is 0 Å². The van der Waals surface area contributed by atoms with Crippen molar-refractivity contribution in [2.24, 2.45) is 0 Å². The van der Waals surface area contributed by atoms with E-state index in [0.29, 0.717) is 29.6 Å². The summed E-state index contributed by atoms with van der Waals surface area (Å²) in [5.74, 6) is 3.10. The number of rotatable bonds is 5. The molecule has 1 rings (SSSR count). The standard InChI is InChI=1S/C20H35.Na/c1-11(2)16-17(12(3)4)19(14(7)8)20(15(9)10)18(16)13(5)6;/h11-15H,1-10H3;/q-1;+1. The molecule has 0 radical (unpaired) electrons. The van der Waals surface area contributed by atoms with E-state index in [1.54, 1.807) is 27.8 Å². The predicted octanol–water partition coefficient (Wildman–Crippen LogP) is 4.03. The third-order valence-corrected chi connectivity index (χ3v) is 4.34. The summed E-state index contributed by atoms with van der Waals surface area (Å²) in [4.78, 5) is 0. The Kier molecular flexibility index (Phi) is 8.41. The molecule has 0 aliphatic rings. The molecule has 0 aliphatic carbocycles. The summed E-state index contributed by atoms with van der Waals surface area (Å²) in [5, 5.41) is 0. The van der Waals surface area contributed by atoms with Crippen LogP contribution in [-0.4, -0.2) is 0 Å². The second-order valence-corrected chi connectivity index (χ2v) is 7.84. The molecule has 1 aromatic carbocycles. The van der Waals surface area contributed by atoms with Crippen molar-refractivity contribution in [1.29, 1.82) is 0 Å². The molecule has 0 fully saturated rings. The van der Waals surface area contributed by atoms with Crippen LogP contribution in [0.3, 0.4) is 0 Å². The van der Waals surface area contributed by atoms with Gasteiger partial charge in [0.1, 0.15) is 0 Å². The monoisotopic (exact) mass is 298 g/mol. The largest absolute Gasteiger partial charge is 1.00 e. The summed E-state index contributed by atoms with van der Waals surface area (Å²) in [6.07, 6.45) is 0. The van der Waals surface area contributed by atoms with Crippen LogP contribution in [-0.2, 0) is 0 Å². The Bertz CT molecular complexity index is 330. The minimum absolute atomic E-state index is 0. The zero-order valence-electron chi connectivity index (χ0n) is 16.4. The molecule has 1 heteroatoms. The van der Waals surface area contributed by atoms with Crippen molar-refractivity contribution in [3.05, 3.63) is 27.8 Å². The van der Waals surface area contributed by atoms with Crippen LogP contribution >= 0.6 is 0 Å². The van der Waals surface area contributed by atoms with E-state index in [1.807, 2.05) is 0 Å². The average Bonchev–Trinajstić information content (AvgIpc) is 2.64. The van der Waals surface area contributed by atoms with E-state index in [2.05, 4.69) is 69.2 Å². The molecule has 0 unspecified atom stereocenters. The molecule has 0 nitrogen and oxygen atoms in total. The Morgan fingerprint density at radius 2 is 0.810 bits per heavy atom. The van der Waals surface area contributed by atoms with Crippen LogP contribution in [0, 0.1) is 0 Å². The average molecular weight is 298 g/mol. The molecule has 0 amide bonds. The first-order chi connectivity index (χ1) is 9.11. The predicted molar refractivity (Wildman–Crippen MR) is 92.5 cm³/mol. The van der Waals surface area contributed by atoms with Crippen molar-refractivity contribution >= 4 is 0 Å². The fourth-order valence-electron chi connectivity index (χ4n) is 3.84. The van der Waals surface area contributed by atoms with Crippen molar-refractivity contribution in [2.75, 3.05) is 0 Å². The van der Waals surface area contributed by atoms with Crippen molar-refractivity contribution < 1.29 is 29.6 Å². The maximum Gasteiger partial charge on any atom is 1.00 e. The van der Waals surface area contributed by atoms with E-state index in [1.165, 1.54) is 0 Å². The molecule has 116 valence electrons. The minimum atomic E-state index is 0. The van der Waals surface area contributed by atoms with Crippen molar-refractivity contribution in [2.45, 2.75) is 98.8 Å². The minimum Gasteiger partial charge on any atom is -0.189 e. The van der Waals surface area contributed by atoms with Crippen LogP contribution in [0.1, 0.15) is 127 Å². The topological polar surface area (TPSA) is 0 Å². The first kappa shape index (κ1) is 21.4. The molecule has 1 aromatic rings. The van der Waals surface area contributed by atoms with E-state index in [-0.39, 0.29) is 29.6 Å². The van der Waals surface area contributed by atoms with Crippen molar-refractivity contribution in [3.8, 4) is 0 Å². The summed E-state index contributed by atoms with van der Waals surface area (Å²) < 4.78 is 0. The smallest absolute Gasteiger partial charge is 0.189 e. The maximum absolute atomic E-state index is 2.36. The molecule has 0 N–H and O–H groups in total. The van der Waals surface area contributed by atoms with E-state index in [0.717, 1.165) is 0 Å². The molecule has 21 heavy (non-hydrogen) atoms. The second kappa shape index (κ2) is 8.27. The molecule has 0 aromatic heterocycles. The zero-order valence-corrected chi connectivity index (χ0v) is 18.4. The van der Waals surface area contributed by atoms with Gasteiger partial charge in [-0.1, -0.05) is 87.0 Å². The van der Waals surface area contributed by atoms with Crippen LogP contribution < -0.4 is 29.6 Å². The van der Waals surface area contributed by atoms with Gasteiger partial charge in [-0.2, -0.15) is 22.3 Å². The van der Waals surface area contributed by atoms with Gasteiger partial charge in [-0.3, -0.25) is 0 Å². The summed E-state index contributed by atoms with van der Waals surface area (Å²) in [6.45, 7) is 23.6.